The van der Waals surface area contributed by atoms with Crippen LogP contribution in [0.1, 0.15) is 11.1 Å². The van der Waals surface area contributed by atoms with Crippen LogP contribution in [0, 0.1) is 6.92 Å². The number of nitrogens with zero attached hydrogens (tertiary/aromatic N) is 2. The maximum atomic E-state index is 5.68. The van der Waals surface area contributed by atoms with Gasteiger partial charge in [0.05, 0.1) is 5.88 Å². The van der Waals surface area contributed by atoms with Crippen LogP contribution in [0.3, 0.4) is 0 Å². The van der Waals surface area contributed by atoms with Crippen LogP contribution in [0.5, 0.6) is 0 Å². The summed E-state index contributed by atoms with van der Waals surface area (Å²) in [6, 6.07) is 6.07. The zero-order chi connectivity index (χ0) is 11.5. The third-order valence-electron chi connectivity index (χ3n) is 2.29. The standard InChI is InChI=1S/C12H10BrClN2/c1-8-2-3-10(4-11(8)13)12-15-6-9(5-14)7-16-12/h2-4,6-7H,5H2,1H3. The first-order chi connectivity index (χ1) is 7.70. The highest BCUT2D eigenvalue weighted by Crippen LogP contribution is 2.23. The van der Waals surface area contributed by atoms with E-state index in [1.54, 1.807) is 12.4 Å². The minimum absolute atomic E-state index is 0.442. The number of benzene rings is 1. The topological polar surface area (TPSA) is 25.8 Å². The molecule has 0 atom stereocenters. The van der Waals surface area contributed by atoms with E-state index in [4.69, 9.17) is 11.6 Å². The van der Waals surface area contributed by atoms with Crippen LogP contribution < -0.4 is 0 Å². The van der Waals surface area contributed by atoms with Crippen molar-refractivity contribution >= 4 is 27.5 Å². The van der Waals surface area contributed by atoms with Gasteiger partial charge in [-0.2, -0.15) is 0 Å². The number of rotatable bonds is 2. The van der Waals surface area contributed by atoms with Gasteiger partial charge in [-0.15, -0.1) is 11.6 Å². The molecule has 82 valence electrons. The summed E-state index contributed by atoms with van der Waals surface area (Å²) in [5.74, 6) is 1.16. The van der Waals surface area contributed by atoms with Crippen molar-refractivity contribution in [1.82, 2.24) is 9.97 Å². The van der Waals surface area contributed by atoms with Crippen molar-refractivity contribution in [3.8, 4) is 11.4 Å². The van der Waals surface area contributed by atoms with Crippen molar-refractivity contribution < 1.29 is 0 Å². The predicted octanol–water partition coefficient (Wildman–Crippen LogP) is 3.95. The summed E-state index contributed by atoms with van der Waals surface area (Å²) in [4.78, 5) is 8.55. The zero-order valence-corrected chi connectivity index (χ0v) is 11.1. The highest BCUT2D eigenvalue weighted by Gasteiger charge is 2.03. The number of hydrogen-bond acceptors (Lipinski definition) is 2. The molecule has 0 fully saturated rings. The predicted molar refractivity (Wildman–Crippen MR) is 69.5 cm³/mol. The molecule has 2 nitrogen and oxygen atoms in total. The molecule has 0 unspecified atom stereocenters. The molecule has 1 aromatic heterocycles. The summed E-state index contributed by atoms with van der Waals surface area (Å²) in [5.41, 5.74) is 3.12. The van der Waals surface area contributed by atoms with E-state index in [1.165, 1.54) is 5.56 Å². The second-order valence-electron chi connectivity index (χ2n) is 3.51. The smallest absolute Gasteiger partial charge is 0.159 e. The molecule has 0 saturated carbocycles. The van der Waals surface area contributed by atoms with Gasteiger partial charge in [0.15, 0.2) is 5.82 Å². The maximum absolute atomic E-state index is 5.68. The van der Waals surface area contributed by atoms with Gasteiger partial charge in [0.25, 0.3) is 0 Å². The van der Waals surface area contributed by atoms with Gasteiger partial charge in [0.2, 0.25) is 0 Å². The van der Waals surface area contributed by atoms with E-state index in [0.717, 1.165) is 21.4 Å². The van der Waals surface area contributed by atoms with Crippen molar-refractivity contribution in [2.45, 2.75) is 12.8 Å². The Kier molecular flexibility index (Phi) is 3.56. The van der Waals surface area contributed by atoms with Crippen LogP contribution in [0.15, 0.2) is 35.1 Å². The largest absolute Gasteiger partial charge is 0.236 e. The molecule has 0 amide bonds. The van der Waals surface area contributed by atoms with Crippen molar-refractivity contribution in [3.05, 3.63) is 46.2 Å². The summed E-state index contributed by atoms with van der Waals surface area (Å²) < 4.78 is 1.06. The molecule has 1 heterocycles. The first kappa shape index (κ1) is 11.6. The SMILES string of the molecule is Cc1ccc(-c2ncc(CCl)cn2)cc1Br. The van der Waals surface area contributed by atoms with Crippen molar-refractivity contribution in [1.29, 1.82) is 0 Å². The monoisotopic (exact) mass is 296 g/mol. The van der Waals surface area contributed by atoms with Gasteiger partial charge in [0.1, 0.15) is 0 Å². The van der Waals surface area contributed by atoms with E-state index in [0.29, 0.717) is 5.88 Å². The molecular formula is C12H10BrClN2. The zero-order valence-electron chi connectivity index (χ0n) is 8.74. The molecule has 0 radical (unpaired) electrons. The Labute approximate surface area is 108 Å². The lowest BCUT2D eigenvalue weighted by atomic mass is 10.1. The number of hydrogen-bond donors (Lipinski definition) is 0. The summed E-state index contributed by atoms with van der Waals surface area (Å²) in [5, 5.41) is 0. The molecule has 1 aromatic carbocycles. The Bertz CT molecular complexity index is 497. The Hall–Kier alpha value is -0.930. The number of alkyl halides is 1. The summed E-state index contributed by atoms with van der Waals surface area (Å²) >= 11 is 9.18. The fourth-order valence-electron chi connectivity index (χ4n) is 1.30. The Balaban J connectivity index is 2.38. The normalized spacial score (nSPS) is 10.4. The molecule has 0 saturated heterocycles. The van der Waals surface area contributed by atoms with Gasteiger partial charge in [-0.1, -0.05) is 28.1 Å². The lowest BCUT2D eigenvalue weighted by molar-refractivity contribution is 1.12. The minimum atomic E-state index is 0.442. The van der Waals surface area contributed by atoms with E-state index in [-0.39, 0.29) is 0 Å². The van der Waals surface area contributed by atoms with Crippen LogP contribution >= 0.6 is 27.5 Å². The van der Waals surface area contributed by atoms with E-state index < -0.39 is 0 Å². The second kappa shape index (κ2) is 4.93. The first-order valence-electron chi connectivity index (χ1n) is 4.84. The molecule has 2 aromatic rings. The first-order valence-corrected chi connectivity index (χ1v) is 6.17. The summed E-state index contributed by atoms with van der Waals surface area (Å²) in [6.45, 7) is 2.05. The number of aryl methyl sites for hydroxylation is 1. The lowest BCUT2D eigenvalue weighted by Gasteiger charge is -2.03. The summed E-state index contributed by atoms with van der Waals surface area (Å²) in [6.07, 6.45) is 3.51. The Morgan fingerprint density at radius 1 is 1.25 bits per heavy atom. The highest BCUT2D eigenvalue weighted by molar-refractivity contribution is 9.10. The average Bonchev–Trinajstić information content (AvgIpc) is 2.33. The fourth-order valence-corrected chi connectivity index (χ4v) is 1.82. The number of aromatic nitrogens is 2. The molecule has 2 rings (SSSR count). The van der Waals surface area contributed by atoms with Gasteiger partial charge in [-0.25, -0.2) is 9.97 Å². The van der Waals surface area contributed by atoms with E-state index in [1.807, 2.05) is 25.1 Å². The molecule has 0 spiro atoms. The Morgan fingerprint density at radius 2 is 1.94 bits per heavy atom. The molecule has 4 heteroatoms. The third kappa shape index (κ3) is 2.42. The van der Waals surface area contributed by atoms with Gasteiger partial charge in [-0.3, -0.25) is 0 Å². The van der Waals surface area contributed by atoms with Gasteiger partial charge < -0.3 is 0 Å². The minimum Gasteiger partial charge on any atom is -0.236 e. The van der Waals surface area contributed by atoms with E-state index >= 15 is 0 Å². The van der Waals surface area contributed by atoms with Crippen LogP contribution in [-0.4, -0.2) is 9.97 Å². The average molecular weight is 298 g/mol. The fraction of sp³-hybridized carbons (Fsp3) is 0.167. The molecule has 0 bridgehead atoms. The molecule has 16 heavy (non-hydrogen) atoms. The van der Waals surface area contributed by atoms with Crippen LogP contribution in [0.25, 0.3) is 11.4 Å². The quantitative estimate of drug-likeness (QED) is 0.784. The van der Waals surface area contributed by atoms with Crippen molar-refractivity contribution in [3.63, 3.8) is 0 Å². The molecule has 0 aliphatic carbocycles. The third-order valence-corrected chi connectivity index (χ3v) is 3.45. The van der Waals surface area contributed by atoms with Crippen LogP contribution in [0.4, 0.5) is 0 Å². The van der Waals surface area contributed by atoms with Gasteiger partial charge in [-0.05, 0) is 18.6 Å². The molecular weight excluding hydrogens is 288 g/mol. The Morgan fingerprint density at radius 3 is 2.50 bits per heavy atom. The molecule has 0 aliphatic heterocycles. The lowest BCUT2D eigenvalue weighted by Crippen LogP contribution is -1.91. The van der Waals surface area contributed by atoms with E-state index in [2.05, 4.69) is 25.9 Å². The number of halogens is 2. The molecule has 0 N–H and O–H groups in total. The highest BCUT2D eigenvalue weighted by atomic mass is 79.9. The maximum Gasteiger partial charge on any atom is 0.159 e. The van der Waals surface area contributed by atoms with E-state index in [9.17, 15) is 0 Å². The van der Waals surface area contributed by atoms with Crippen LogP contribution in [0.2, 0.25) is 0 Å². The van der Waals surface area contributed by atoms with Crippen molar-refractivity contribution in [2.24, 2.45) is 0 Å². The summed E-state index contributed by atoms with van der Waals surface area (Å²) in [7, 11) is 0. The van der Waals surface area contributed by atoms with Gasteiger partial charge in [0, 0.05) is 28.0 Å². The van der Waals surface area contributed by atoms with Crippen molar-refractivity contribution in [2.75, 3.05) is 0 Å². The molecule has 0 aliphatic rings. The second-order valence-corrected chi connectivity index (χ2v) is 4.63. The van der Waals surface area contributed by atoms with Crippen LogP contribution in [-0.2, 0) is 5.88 Å². The van der Waals surface area contributed by atoms with Gasteiger partial charge >= 0.3 is 0 Å².